The fourth-order valence-corrected chi connectivity index (χ4v) is 3.84. The van der Waals surface area contributed by atoms with E-state index in [1.807, 2.05) is 0 Å². The molecule has 0 heterocycles. The Kier molecular flexibility index (Phi) is 2.85. The number of fused-ring (bicyclic) bond motifs is 1. The summed E-state index contributed by atoms with van der Waals surface area (Å²) in [5, 5.41) is 19.8. The largest absolute Gasteiger partial charge is 0.396 e. The van der Waals surface area contributed by atoms with E-state index in [1.165, 1.54) is 25.7 Å². The van der Waals surface area contributed by atoms with E-state index >= 15 is 0 Å². The first-order chi connectivity index (χ1) is 6.71. The molecule has 2 nitrogen and oxygen atoms in total. The summed E-state index contributed by atoms with van der Waals surface area (Å²) in [6.45, 7) is 2.39. The third-order valence-corrected chi connectivity index (χ3v) is 4.79. The van der Waals surface area contributed by atoms with Crippen LogP contribution in [0.1, 0.15) is 45.4 Å². The smallest absolute Gasteiger partial charge is 0.0623 e. The van der Waals surface area contributed by atoms with Gasteiger partial charge in [0, 0.05) is 5.41 Å². The van der Waals surface area contributed by atoms with Gasteiger partial charge in [0.15, 0.2) is 0 Å². The first-order valence-corrected chi connectivity index (χ1v) is 6.00. The quantitative estimate of drug-likeness (QED) is 0.676. The minimum atomic E-state index is -0.262. The number of rotatable bonds is 1. The molecule has 14 heavy (non-hydrogen) atoms. The molecule has 0 radical (unpaired) electrons. The van der Waals surface area contributed by atoms with E-state index in [4.69, 9.17) is 0 Å². The lowest BCUT2D eigenvalue weighted by Crippen LogP contribution is -2.53. The molecule has 4 atom stereocenters. The summed E-state index contributed by atoms with van der Waals surface area (Å²) >= 11 is 0. The second kappa shape index (κ2) is 3.82. The van der Waals surface area contributed by atoms with E-state index in [-0.39, 0.29) is 18.1 Å². The maximum atomic E-state index is 10.2. The van der Waals surface area contributed by atoms with Crippen LogP contribution >= 0.6 is 0 Å². The minimum Gasteiger partial charge on any atom is -0.396 e. The van der Waals surface area contributed by atoms with Crippen LogP contribution in [0.3, 0.4) is 0 Å². The summed E-state index contributed by atoms with van der Waals surface area (Å²) < 4.78 is 0. The molecule has 82 valence electrons. The Balaban J connectivity index is 2.27. The van der Waals surface area contributed by atoms with Crippen LogP contribution in [0.2, 0.25) is 0 Å². The molecule has 0 aromatic heterocycles. The third kappa shape index (κ3) is 1.31. The number of aliphatic hydroxyl groups excluding tert-OH is 2. The van der Waals surface area contributed by atoms with Crippen LogP contribution in [0, 0.1) is 17.3 Å². The van der Waals surface area contributed by atoms with Crippen molar-refractivity contribution in [3.8, 4) is 0 Å². The summed E-state index contributed by atoms with van der Waals surface area (Å²) in [6.07, 6.45) is 6.64. The predicted octanol–water partition coefficient (Wildman–Crippen LogP) is 1.95. The monoisotopic (exact) mass is 198 g/mol. The Labute approximate surface area is 86.3 Å². The lowest BCUT2D eigenvalue weighted by atomic mass is 9.54. The maximum Gasteiger partial charge on any atom is 0.0623 e. The Morgan fingerprint density at radius 1 is 1.14 bits per heavy atom. The Morgan fingerprint density at radius 2 is 1.79 bits per heavy atom. The molecule has 2 rings (SSSR count). The lowest BCUT2D eigenvalue weighted by molar-refractivity contribution is -0.137. The van der Waals surface area contributed by atoms with Gasteiger partial charge in [-0.25, -0.2) is 0 Å². The molecule has 0 bridgehead atoms. The predicted molar refractivity (Wildman–Crippen MR) is 55.9 cm³/mol. The van der Waals surface area contributed by atoms with Gasteiger partial charge in [0.2, 0.25) is 0 Å². The van der Waals surface area contributed by atoms with E-state index in [2.05, 4.69) is 6.92 Å². The molecule has 0 saturated heterocycles. The van der Waals surface area contributed by atoms with Gasteiger partial charge in [-0.15, -0.1) is 0 Å². The third-order valence-electron chi connectivity index (χ3n) is 4.79. The number of hydrogen-bond donors (Lipinski definition) is 2. The SMILES string of the molecule is C[C@@H]1CCC[C@H]2CCC[C@@H](O)[C@]21CO. The zero-order valence-electron chi connectivity index (χ0n) is 9.08. The van der Waals surface area contributed by atoms with E-state index in [0.29, 0.717) is 11.8 Å². The van der Waals surface area contributed by atoms with Crippen molar-refractivity contribution in [2.75, 3.05) is 6.61 Å². The highest BCUT2D eigenvalue weighted by molar-refractivity contribution is 5.00. The molecule has 2 heteroatoms. The molecule has 2 saturated carbocycles. The second-order valence-corrected chi connectivity index (χ2v) is 5.25. The van der Waals surface area contributed by atoms with Crippen LogP contribution < -0.4 is 0 Å². The van der Waals surface area contributed by atoms with Crippen LogP contribution in [-0.2, 0) is 0 Å². The second-order valence-electron chi connectivity index (χ2n) is 5.25. The van der Waals surface area contributed by atoms with Gasteiger partial charge in [0.1, 0.15) is 0 Å². The molecule has 0 aromatic rings. The van der Waals surface area contributed by atoms with Crippen molar-refractivity contribution >= 4 is 0 Å². The van der Waals surface area contributed by atoms with Gasteiger partial charge in [-0.05, 0) is 37.5 Å². The van der Waals surface area contributed by atoms with Gasteiger partial charge in [-0.3, -0.25) is 0 Å². The molecular formula is C12H22O2. The zero-order valence-corrected chi connectivity index (χ0v) is 9.08. The van der Waals surface area contributed by atoms with Crippen molar-refractivity contribution in [2.45, 2.75) is 51.6 Å². The van der Waals surface area contributed by atoms with Gasteiger partial charge >= 0.3 is 0 Å². The van der Waals surface area contributed by atoms with Gasteiger partial charge in [-0.1, -0.05) is 19.8 Å². The fourth-order valence-electron chi connectivity index (χ4n) is 3.84. The molecule has 0 aromatic carbocycles. The zero-order chi connectivity index (χ0) is 10.2. The average Bonchev–Trinajstić information content (AvgIpc) is 2.19. The fraction of sp³-hybridized carbons (Fsp3) is 1.00. The van der Waals surface area contributed by atoms with Crippen LogP contribution in [-0.4, -0.2) is 22.9 Å². The summed E-state index contributed by atoms with van der Waals surface area (Å²) in [6, 6.07) is 0. The van der Waals surface area contributed by atoms with Crippen LogP contribution in [0.4, 0.5) is 0 Å². The molecule has 0 amide bonds. The van der Waals surface area contributed by atoms with Gasteiger partial charge in [0.25, 0.3) is 0 Å². The highest BCUT2D eigenvalue weighted by Crippen LogP contribution is 2.53. The molecule has 0 unspecified atom stereocenters. The van der Waals surface area contributed by atoms with Crippen LogP contribution in [0.5, 0.6) is 0 Å². The molecular weight excluding hydrogens is 176 g/mol. The van der Waals surface area contributed by atoms with Crippen molar-refractivity contribution in [1.29, 1.82) is 0 Å². The van der Waals surface area contributed by atoms with Crippen molar-refractivity contribution in [3.05, 3.63) is 0 Å². The molecule has 2 N–H and O–H groups in total. The van der Waals surface area contributed by atoms with Crippen molar-refractivity contribution in [2.24, 2.45) is 17.3 Å². The Hall–Kier alpha value is -0.0800. The standard InChI is InChI=1S/C12H22O2/c1-9-4-2-5-10-6-3-7-11(14)12(9,10)8-13/h9-11,13-14H,2-8H2,1H3/t9-,10+,11-,12+/m1/s1. The summed E-state index contributed by atoms with van der Waals surface area (Å²) in [7, 11) is 0. The maximum absolute atomic E-state index is 10.2. The van der Waals surface area contributed by atoms with E-state index in [1.54, 1.807) is 0 Å². The highest BCUT2D eigenvalue weighted by atomic mass is 16.3. The van der Waals surface area contributed by atoms with Gasteiger partial charge in [0.05, 0.1) is 12.7 Å². The van der Waals surface area contributed by atoms with E-state index in [9.17, 15) is 10.2 Å². The lowest BCUT2D eigenvalue weighted by Gasteiger charge is -2.53. The summed E-state index contributed by atoms with van der Waals surface area (Å²) in [5.41, 5.74) is -0.156. The van der Waals surface area contributed by atoms with E-state index in [0.717, 1.165) is 12.8 Å². The molecule has 0 spiro atoms. The topological polar surface area (TPSA) is 40.5 Å². The summed E-state index contributed by atoms with van der Waals surface area (Å²) in [4.78, 5) is 0. The Morgan fingerprint density at radius 3 is 2.36 bits per heavy atom. The highest BCUT2D eigenvalue weighted by Gasteiger charge is 2.51. The van der Waals surface area contributed by atoms with Gasteiger partial charge < -0.3 is 10.2 Å². The normalized spacial score (nSPS) is 48.6. The molecule has 2 fully saturated rings. The van der Waals surface area contributed by atoms with Gasteiger partial charge in [-0.2, -0.15) is 0 Å². The molecule has 0 aliphatic heterocycles. The first kappa shape index (κ1) is 10.4. The average molecular weight is 198 g/mol. The van der Waals surface area contributed by atoms with E-state index < -0.39 is 0 Å². The number of aliphatic hydroxyl groups is 2. The number of hydrogen-bond acceptors (Lipinski definition) is 2. The van der Waals surface area contributed by atoms with Crippen molar-refractivity contribution < 1.29 is 10.2 Å². The van der Waals surface area contributed by atoms with Crippen LogP contribution in [0.15, 0.2) is 0 Å². The molecule has 2 aliphatic rings. The first-order valence-electron chi connectivity index (χ1n) is 6.00. The van der Waals surface area contributed by atoms with Crippen molar-refractivity contribution in [1.82, 2.24) is 0 Å². The van der Waals surface area contributed by atoms with Crippen LogP contribution in [0.25, 0.3) is 0 Å². The summed E-state index contributed by atoms with van der Waals surface area (Å²) in [5.74, 6) is 1.06. The van der Waals surface area contributed by atoms with Crippen molar-refractivity contribution in [3.63, 3.8) is 0 Å². The Bertz CT molecular complexity index is 186. The molecule has 2 aliphatic carbocycles. The minimum absolute atomic E-state index is 0.156.